The molecule has 18 heavy (non-hydrogen) atoms. The van der Waals surface area contributed by atoms with Crippen molar-refractivity contribution in [1.29, 1.82) is 0 Å². The summed E-state index contributed by atoms with van der Waals surface area (Å²) in [6.07, 6.45) is 0. The van der Waals surface area contributed by atoms with Crippen LogP contribution in [0, 0.1) is 0 Å². The van der Waals surface area contributed by atoms with E-state index in [1.54, 1.807) is 11.3 Å². The lowest BCUT2D eigenvalue weighted by atomic mass is 10.2. The predicted octanol–water partition coefficient (Wildman–Crippen LogP) is 0.894. The second kappa shape index (κ2) is 5.83. The Morgan fingerprint density at radius 3 is 2.56 bits per heavy atom. The van der Waals surface area contributed by atoms with Crippen LogP contribution < -0.4 is 21.5 Å². The van der Waals surface area contributed by atoms with Crippen molar-refractivity contribution in [1.82, 2.24) is 0 Å². The standard InChI is InChI=1S/C14H11ClNS.BrH/c15-12-6-2-1-5-11(12)9-16-10-17-14-8-4-3-7-13(14)16;/h1-8,10H,9H2;1H/q+1;/p-1. The minimum atomic E-state index is 0. The third-order valence-corrected chi connectivity index (χ3v) is 4.11. The molecule has 1 nitrogen and oxygen atoms in total. The Labute approximate surface area is 125 Å². The fraction of sp³-hybridized carbons (Fsp3) is 0.0714. The van der Waals surface area contributed by atoms with Crippen molar-refractivity contribution in [3.8, 4) is 0 Å². The molecule has 0 fully saturated rings. The van der Waals surface area contributed by atoms with E-state index in [9.17, 15) is 0 Å². The van der Waals surface area contributed by atoms with Crippen LogP contribution in [0.4, 0.5) is 0 Å². The van der Waals surface area contributed by atoms with Crippen molar-refractivity contribution >= 4 is 33.2 Å². The molecule has 1 aromatic heterocycles. The summed E-state index contributed by atoms with van der Waals surface area (Å²) in [5.41, 5.74) is 4.56. The molecule has 0 aliphatic carbocycles. The number of fused-ring (bicyclic) bond motifs is 1. The molecule has 3 aromatic rings. The zero-order chi connectivity index (χ0) is 11.7. The van der Waals surface area contributed by atoms with Gasteiger partial charge < -0.3 is 17.0 Å². The highest BCUT2D eigenvalue weighted by molar-refractivity contribution is 7.16. The molecule has 0 saturated heterocycles. The van der Waals surface area contributed by atoms with Crippen LogP contribution in [0.5, 0.6) is 0 Å². The fourth-order valence-electron chi connectivity index (χ4n) is 1.90. The summed E-state index contributed by atoms with van der Waals surface area (Å²) in [5.74, 6) is 0. The maximum absolute atomic E-state index is 6.18. The SMILES string of the molecule is Clc1ccccc1C[n+]1csc2ccccc21.[Br-]. The van der Waals surface area contributed by atoms with Gasteiger partial charge in [-0.3, -0.25) is 0 Å². The molecule has 92 valence electrons. The lowest BCUT2D eigenvalue weighted by Gasteiger charge is -1.98. The Morgan fingerprint density at radius 1 is 1.00 bits per heavy atom. The summed E-state index contributed by atoms with van der Waals surface area (Å²) in [5, 5.41) is 0.829. The largest absolute Gasteiger partial charge is 1.00 e. The topological polar surface area (TPSA) is 3.88 Å². The Bertz CT molecular complexity index is 665. The summed E-state index contributed by atoms with van der Waals surface area (Å²) in [4.78, 5) is 0. The molecular formula is C14H11BrClNS. The number of aromatic nitrogens is 1. The van der Waals surface area contributed by atoms with Gasteiger partial charge in [0.05, 0.1) is 5.02 Å². The van der Waals surface area contributed by atoms with Crippen LogP contribution in [0.25, 0.3) is 10.2 Å². The normalized spacial score (nSPS) is 10.3. The molecule has 0 atom stereocenters. The van der Waals surface area contributed by atoms with Crippen molar-refractivity contribution in [2.24, 2.45) is 0 Å². The lowest BCUT2D eigenvalue weighted by Crippen LogP contribution is -3.00. The van der Waals surface area contributed by atoms with E-state index in [2.05, 4.69) is 40.4 Å². The van der Waals surface area contributed by atoms with Crippen LogP contribution in [0.1, 0.15) is 5.56 Å². The Hall–Kier alpha value is -0.900. The van der Waals surface area contributed by atoms with Gasteiger partial charge in [-0.15, -0.1) is 0 Å². The van der Waals surface area contributed by atoms with E-state index in [1.807, 2.05) is 18.2 Å². The van der Waals surface area contributed by atoms with E-state index in [-0.39, 0.29) is 17.0 Å². The van der Waals surface area contributed by atoms with Gasteiger partial charge in [0, 0.05) is 11.6 Å². The van der Waals surface area contributed by atoms with E-state index >= 15 is 0 Å². The first-order valence-electron chi connectivity index (χ1n) is 5.44. The average molecular weight is 341 g/mol. The third-order valence-electron chi connectivity index (χ3n) is 2.78. The number of hydrogen-bond donors (Lipinski definition) is 0. The van der Waals surface area contributed by atoms with E-state index < -0.39 is 0 Å². The molecule has 0 bridgehead atoms. The molecule has 0 unspecified atom stereocenters. The quantitative estimate of drug-likeness (QED) is 0.610. The number of para-hydroxylation sites is 1. The summed E-state index contributed by atoms with van der Waals surface area (Å²) in [7, 11) is 0. The zero-order valence-electron chi connectivity index (χ0n) is 9.51. The van der Waals surface area contributed by atoms with Gasteiger partial charge in [-0.25, -0.2) is 0 Å². The van der Waals surface area contributed by atoms with E-state index in [0.717, 1.165) is 17.1 Å². The summed E-state index contributed by atoms with van der Waals surface area (Å²) < 4.78 is 3.54. The molecule has 0 N–H and O–H groups in total. The second-order valence-electron chi connectivity index (χ2n) is 3.91. The predicted molar refractivity (Wildman–Crippen MR) is 72.6 cm³/mol. The molecule has 0 saturated carbocycles. The highest BCUT2D eigenvalue weighted by Crippen LogP contribution is 2.18. The van der Waals surface area contributed by atoms with E-state index in [1.165, 1.54) is 10.2 Å². The summed E-state index contributed by atoms with van der Waals surface area (Å²) >= 11 is 7.94. The van der Waals surface area contributed by atoms with Crippen LogP contribution >= 0.6 is 22.9 Å². The number of halogens is 2. The van der Waals surface area contributed by atoms with Crippen LogP contribution in [0.3, 0.4) is 0 Å². The van der Waals surface area contributed by atoms with Gasteiger partial charge in [0.1, 0.15) is 4.70 Å². The molecule has 0 amide bonds. The van der Waals surface area contributed by atoms with Gasteiger partial charge in [0.2, 0.25) is 11.0 Å². The number of hydrogen-bond acceptors (Lipinski definition) is 1. The molecule has 2 aromatic carbocycles. The van der Waals surface area contributed by atoms with E-state index in [4.69, 9.17) is 11.6 Å². The van der Waals surface area contributed by atoms with Gasteiger partial charge in [0.25, 0.3) is 0 Å². The highest BCUT2D eigenvalue weighted by atomic mass is 79.9. The third kappa shape index (κ3) is 2.58. The molecular weight excluding hydrogens is 330 g/mol. The average Bonchev–Trinajstić information content (AvgIpc) is 2.76. The van der Waals surface area contributed by atoms with Gasteiger partial charge in [-0.1, -0.05) is 53.3 Å². The summed E-state index contributed by atoms with van der Waals surface area (Å²) in [6, 6.07) is 16.4. The van der Waals surface area contributed by atoms with Crippen LogP contribution in [-0.2, 0) is 6.54 Å². The van der Waals surface area contributed by atoms with Gasteiger partial charge in [-0.2, -0.15) is 4.57 Å². The number of benzene rings is 2. The first kappa shape index (κ1) is 13.5. The minimum absolute atomic E-state index is 0. The fourth-order valence-corrected chi connectivity index (χ4v) is 2.99. The van der Waals surface area contributed by atoms with Crippen molar-refractivity contribution in [2.75, 3.05) is 0 Å². The highest BCUT2D eigenvalue weighted by Gasteiger charge is 2.12. The molecule has 0 spiro atoms. The monoisotopic (exact) mass is 339 g/mol. The number of rotatable bonds is 2. The minimum Gasteiger partial charge on any atom is -1.00 e. The van der Waals surface area contributed by atoms with Crippen molar-refractivity contribution in [3.05, 3.63) is 64.6 Å². The maximum Gasteiger partial charge on any atom is 0.226 e. The van der Waals surface area contributed by atoms with Crippen LogP contribution in [-0.4, -0.2) is 0 Å². The molecule has 0 aliphatic heterocycles. The Kier molecular flexibility index (Phi) is 4.38. The van der Waals surface area contributed by atoms with Gasteiger partial charge in [0.15, 0.2) is 6.54 Å². The Balaban J connectivity index is 0.00000120. The molecule has 0 radical (unpaired) electrons. The Morgan fingerprint density at radius 2 is 1.72 bits per heavy atom. The smallest absolute Gasteiger partial charge is 0.226 e. The molecule has 0 aliphatic rings. The number of nitrogens with zero attached hydrogens (tertiary/aromatic N) is 1. The zero-order valence-corrected chi connectivity index (χ0v) is 12.7. The number of thiazole rings is 1. The van der Waals surface area contributed by atoms with E-state index in [0.29, 0.717) is 0 Å². The van der Waals surface area contributed by atoms with Crippen molar-refractivity contribution in [3.63, 3.8) is 0 Å². The molecule has 1 heterocycles. The second-order valence-corrected chi connectivity index (χ2v) is 5.20. The van der Waals surface area contributed by atoms with Crippen molar-refractivity contribution < 1.29 is 21.5 Å². The first-order chi connectivity index (χ1) is 8.34. The van der Waals surface area contributed by atoms with Gasteiger partial charge in [-0.05, 0) is 12.1 Å². The maximum atomic E-state index is 6.18. The van der Waals surface area contributed by atoms with Gasteiger partial charge >= 0.3 is 0 Å². The lowest BCUT2D eigenvalue weighted by molar-refractivity contribution is -0.658. The van der Waals surface area contributed by atoms with Crippen molar-refractivity contribution in [2.45, 2.75) is 6.54 Å². The summed E-state index contributed by atoms with van der Waals surface area (Å²) in [6.45, 7) is 0.823. The first-order valence-corrected chi connectivity index (χ1v) is 6.69. The van der Waals surface area contributed by atoms with Crippen LogP contribution in [0.2, 0.25) is 5.02 Å². The molecule has 3 rings (SSSR count). The molecule has 4 heteroatoms. The van der Waals surface area contributed by atoms with Crippen LogP contribution in [0.15, 0.2) is 54.0 Å².